The quantitative estimate of drug-likeness (QED) is 0.779. The van der Waals surface area contributed by atoms with E-state index in [0.29, 0.717) is 0 Å². The maximum absolute atomic E-state index is 4.87. The zero-order valence-corrected chi connectivity index (χ0v) is 14.1. The lowest BCUT2D eigenvalue weighted by molar-refractivity contribution is 0.152. The molecule has 2 heterocycles. The minimum Gasteiger partial charge on any atom is -0.312 e. The Hall–Kier alpha value is -0.450. The van der Waals surface area contributed by atoms with Crippen molar-refractivity contribution < 1.29 is 0 Å². The van der Waals surface area contributed by atoms with Gasteiger partial charge in [0.25, 0.3) is 0 Å². The second-order valence-corrected chi connectivity index (χ2v) is 6.99. The highest BCUT2D eigenvalue weighted by atomic mass is 32.1. The Morgan fingerprint density at radius 1 is 1.35 bits per heavy atom. The summed E-state index contributed by atoms with van der Waals surface area (Å²) < 4.78 is 0. The SMILES string of the molecule is CCCNCc1sc(CN2CCCCC2C)nc1CC. The summed E-state index contributed by atoms with van der Waals surface area (Å²) in [7, 11) is 0. The molecule has 1 fully saturated rings. The molecule has 0 aromatic carbocycles. The van der Waals surface area contributed by atoms with Crippen LogP contribution in [0.25, 0.3) is 0 Å². The van der Waals surface area contributed by atoms with Gasteiger partial charge in [0.1, 0.15) is 5.01 Å². The van der Waals surface area contributed by atoms with Crippen LogP contribution in [0.3, 0.4) is 0 Å². The molecule has 1 aromatic heterocycles. The van der Waals surface area contributed by atoms with Gasteiger partial charge >= 0.3 is 0 Å². The van der Waals surface area contributed by atoms with Crippen LogP contribution in [-0.4, -0.2) is 29.0 Å². The largest absolute Gasteiger partial charge is 0.312 e. The van der Waals surface area contributed by atoms with Gasteiger partial charge in [0, 0.05) is 17.5 Å². The molecule has 1 N–H and O–H groups in total. The predicted octanol–water partition coefficient (Wildman–Crippen LogP) is 3.58. The first-order valence-corrected chi connectivity index (χ1v) is 8.98. The number of rotatable bonds is 7. The lowest BCUT2D eigenvalue weighted by Gasteiger charge is -2.32. The second kappa shape index (κ2) is 8.11. The van der Waals surface area contributed by atoms with Crippen molar-refractivity contribution in [2.24, 2.45) is 0 Å². The molecule has 1 aliphatic rings. The van der Waals surface area contributed by atoms with Crippen molar-refractivity contribution in [2.45, 2.75) is 72.0 Å². The van der Waals surface area contributed by atoms with Gasteiger partial charge in [-0.25, -0.2) is 4.98 Å². The number of aromatic nitrogens is 1. The third-order valence-corrected chi connectivity index (χ3v) is 5.23. The second-order valence-electron chi connectivity index (χ2n) is 5.82. The number of aryl methyl sites for hydroxylation is 1. The summed E-state index contributed by atoms with van der Waals surface area (Å²) in [5, 5.41) is 4.82. The summed E-state index contributed by atoms with van der Waals surface area (Å²) in [6, 6.07) is 0.722. The molecule has 114 valence electrons. The number of piperidine rings is 1. The lowest BCUT2D eigenvalue weighted by atomic mass is 10.0. The van der Waals surface area contributed by atoms with E-state index in [1.165, 1.54) is 47.8 Å². The Balaban J connectivity index is 1.97. The Labute approximate surface area is 127 Å². The summed E-state index contributed by atoms with van der Waals surface area (Å²) in [5.41, 5.74) is 1.30. The van der Waals surface area contributed by atoms with Gasteiger partial charge in [-0.1, -0.05) is 20.3 Å². The summed E-state index contributed by atoms with van der Waals surface area (Å²) in [6.07, 6.45) is 6.33. The molecule has 0 spiro atoms. The molecule has 0 aliphatic carbocycles. The Kier molecular flexibility index (Phi) is 6.46. The van der Waals surface area contributed by atoms with E-state index in [9.17, 15) is 0 Å². The van der Waals surface area contributed by atoms with E-state index in [4.69, 9.17) is 4.98 Å². The smallest absolute Gasteiger partial charge is 0.107 e. The van der Waals surface area contributed by atoms with Gasteiger partial charge in [-0.15, -0.1) is 11.3 Å². The van der Waals surface area contributed by atoms with Gasteiger partial charge in [0.2, 0.25) is 0 Å². The van der Waals surface area contributed by atoms with Gasteiger partial charge in [0.05, 0.1) is 12.2 Å². The highest BCUT2D eigenvalue weighted by Gasteiger charge is 2.20. The van der Waals surface area contributed by atoms with E-state index in [1.807, 2.05) is 11.3 Å². The molecule has 0 bridgehead atoms. The number of nitrogens with zero attached hydrogens (tertiary/aromatic N) is 2. The third kappa shape index (κ3) is 4.27. The van der Waals surface area contributed by atoms with Crippen molar-refractivity contribution in [1.82, 2.24) is 15.2 Å². The molecule has 4 heteroatoms. The maximum Gasteiger partial charge on any atom is 0.107 e. The Morgan fingerprint density at radius 3 is 2.90 bits per heavy atom. The molecule has 1 atom stereocenters. The third-order valence-electron chi connectivity index (χ3n) is 4.15. The highest BCUT2D eigenvalue weighted by molar-refractivity contribution is 7.11. The Morgan fingerprint density at radius 2 is 2.20 bits per heavy atom. The van der Waals surface area contributed by atoms with Gasteiger partial charge in [0.15, 0.2) is 0 Å². The molecular formula is C16H29N3S. The van der Waals surface area contributed by atoms with Crippen LogP contribution in [0.2, 0.25) is 0 Å². The first kappa shape index (κ1) is 15.9. The van der Waals surface area contributed by atoms with Crippen molar-refractivity contribution >= 4 is 11.3 Å². The number of thiazole rings is 1. The van der Waals surface area contributed by atoms with Crippen LogP contribution in [0.4, 0.5) is 0 Å². The fourth-order valence-electron chi connectivity index (χ4n) is 2.86. The summed E-state index contributed by atoms with van der Waals surface area (Å²) in [4.78, 5) is 8.92. The normalized spacial score (nSPS) is 20.4. The molecule has 1 aromatic rings. The number of hydrogen-bond acceptors (Lipinski definition) is 4. The van der Waals surface area contributed by atoms with Crippen molar-refractivity contribution in [3.63, 3.8) is 0 Å². The molecule has 2 rings (SSSR count). The van der Waals surface area contributed by atoms with E-state index in [1.54, 1.807) is 0 Å². The summed E-state index contributed by atoms with van der Waals surface area (Å²) in [5.74, 6) is 0. The van der Waals surface area contributed by atoms with E-state index in [-0.39, 0.29) is 0 Å². The molecule has 1 unspecified atom stereocenters. The first-order chi connectivity index (χ1) is 9.74. The van der Waals surface area contributed by atoms with E-state index >= 15 is 0 Å². The van der Waals surface area contributed by atoms with Crippen molar-refractivity contribution in [3.05, 3.63) is 15.6 Å². The van der Waals surface area contributed by atoms with Crippen LogP contribution in [0.5, 0.6) is 0 Å². The molecule has 1 aliphatic heterocycles. The summed E-state index contributed by atoms with van der Waals surface area (Å²) >= 11 is 1.91. The van der Waals surface area contributed by atoms with E-state index < -0.39 is 0 Å². The highest BCUT2D eigenvalue weighted by Crippen LogP contribution is 2.24. The van der Waals surface area contributed by atoms with Gasteiger partial charge in [-0.05, 0) is 45.7 Å². The monoisotopic (exact) mass is 295 g/mol. The average Bonchev–Trinajstić information content (AvgIpc) is 2.84. The molecule has 1 saturated heterocycles. The molecule has 0 radical (unpaired) electrons. The van der Waals surface area contributed by atoms with E-state index in [0.717, 1.165) is 32.1 Å². The fraction of sp³-hybridized carbons (Fsp3) is 0.812. The zero-order chi connectivity index (χ0) is 14.4. The first-order valence-electron chi connectivity index (χ1n) is 8.16. The van der Waals surface area contributed by atoms with Crippen LogP contribution in [0.1, 0.15) is 62.0 Å². The van der Waals surface area contributed by atoms with Crippen LogP contribution in [0, 0.1) is 0 Å². The minimum absolute atomic E-state index is 0.722. The maximum atomic E-state index is 4.87. The number of nitrogens with one attached hydrogen (secondary N) is 1. The van der Waals surface area contributed by atoms with Crippen LogP contribution >= 0.6 is 11.3 Å². The summed E-state index contributed by atoms with van der Waals surface area (Å²) in [6.45, 7) is 11.2. The lowest BCUT2D eigenvalue weighted by Crippen LogP contribution is -2.36. The van der Waals surface area contributed by atoms with Crippen LogP contribution in [-0.2, 0) is 19.5 Å². The zero-order valence-electron chi connectivity index (χ0n) is 13.2. The molecule has 20 heavy (non-hydrogen) atoms. The number of likely N-dealkylation sites (tertiary alicyclic amines) is 1. The van der Waals surface area contributed by atoms with Crippen LogP contribution < -0.4 is 5.32 Å². The molecule has 3 nitrogen and oxygen atoms in total. The fourth-order valence-corrected chi connectivity index (χ4v) is 4.02. The average molecular weight is 295 g/mol. The van der Waals surface area contributed by atoms with Crippen molar-refractivity contribution in [2.75, 3.05) is 13.1 Å². The molecular weight excluding hydrogens is 266 g/mol. The molecule has 0 amide bonds. The number of hydrogen-bond donors (Lipinski definition) is 1. The van der Waals surface area contributed by atoms with Gasteiger partial charge < -0.3 is 5.32 Å². The Bertz CT molecular complexity index is 402. The van der Waals surface area contributed by atoms with E-state index in [2.05, 4.69) is 31.0 Å². The van der Waals surface area contributed by atoms with Gasteiger partial charge in [-0.3, -0.25) is 4.90 Å². The standard InChI is InChI=1S/C16H29N3S/c1-4-9-17-11-15-14(5-2)18-16(20-15)12-19-10-7-6-8-13(19)3/h13,17H,4-12H2,1-3H3. The van der Waals surface area contributed by atoms with Crippen molar-refractivity contribution in [3.8, 4) is 0 Å². The van der Waals surface area contributed by atoms with Crippen LogP contribution in [0.15, 0.2) is 0 Å². The minimum atomic E-state index is 0.722. The topological polar surface area (TPSA) is 28.2 Å². The van der Waals surface area contributed by atoms with Gasteiger partial charge in [-0.2, -0.15) is 0 Å². The van der Waals surface area contributed by atoms with Crippen molar-refractivity contribution in [1.29, 1.82) is 0 Å². The predicted molar refractivity (Wildman–Crippen MR) is 87.2 cm³/mol. The molecule has 0 saturated carbocycles.